The first-order valence-corrected chi connectivity index (χ1v) is 7.10. The Labute approximate surface area is 129 Å². The molecule has 1 atom stereocenters. The van der Waals surface area contributed by atoms with Gasteiger partial charge in [-0.25, -0.2) is 4.98 Å². The fraction of sp³-hybridized carbons (Fsp3) is 0.231. The average molecular weight is 356 g/mol. The van der Waals surface area contributed by atoms with Crippen LogP contribution in [0.25, 0.3) is 0 Å². The predicted molar refractivity (Wildman–Crippen MR) is 80.9 cm³/mol. The fourth-order valence-electron chi connectivity index (χ4n) is 1.53. The lowest BCUT2D eigenvalue weighted by Crippen LogP contribution is -2.20. The van der Waals surface area contributed by atoms with Crippen LogP contribution in [0.15, 0.2) is 34.9 Å². The van der Waals surface area contributed by atoms with Gasteiger partial charge in [-0.2, -0.15) is 5.10 Å². The van der Waals surface area contributed by atoms with Gasteiger partial charge in [0.15, 0.2) is 10.9 Å². The molecule has 20 heavy (non-hydrogen) atoms. The summed E-state index contributed by atoms with van der Waals surface area (Å²) in [6.07, 6.45) is 1.67. The second kappa shape index (κ2) is 6.76. The van der Waals surface area contributed by atoms with E-state index in [1.54, 1.807) is 31.3 Å². The van der Waals surface area contributed by atoms with Crippen molar-refractivity contribution in [2.75, 3.05) is 11.9 Å². The van der Waals surface area contributed by atoms with E-state index in [4.69, 9.17) is 11.6 Å². The highest BCUT2D eigenvalue weighted by molar-refractivity contribution is 9.10. The third-order valence-corrected chi connectivity index (χ3v) is 3.42. The minimum Gasteiger partial charge on any atom is -0.363 e. The standard InChI is InChI=1S/C13H12BrClN4O/c1-8(10-3-4-12(15)19-18-10)11(20)7-17-13-5-2-9(14)6-16-13/h2-6,8H,7H2,1H3,(H,16,17). The highest BCUT2D eigenvalue weighted by Crippen LogP contribution is 2.15. The smallest absolute Gasteiger partial charge is 0.160 e. The molecule has 2 rings (SSSR count). The number of halogens is 2. The Kier molecular flexibility index (Phi) is 5.03. The van der Waals surface area contributed by atoms with Crippen molar-refractivity contribution in [1.82, 2.24) is 15.2 Å². The number of carbonyl (C=O) groups is 1. The molecule has 0 radical (unpaired) electrons. The number of aromatic nitrogens is 3. The maximum atomic E-state index is 12.1. The van der Waals surface area contributed by atoms with Crippen molar-refractivity contribution in [2.24, 2.45) is 0 Å². The summed E-state index contributed by atoms with van der Waals surface area (Å²) < 4.78 is 0.888. The summed E-state index contributed by atoms with van der Waals surface area (Å²) in [5.74, 6) is 0.310. The van der Waals surface area contributed by atoms with Gasteiger partial charge in [0.1, 0.15) is 5.82 Å². The molecule has 0 spiro atoms. The molecule has 0 saturated heterocycles. The zero-order valence-corrected chi connectivity index (χ0v) is 13.0. The lowest BCUT2D eigenvalue weighted by molar-refractivity contribution is -0.118. The Morgan fingerprint density at radius 3 is 2.75 bits per heavy atom. The third kappa shape index (κ3) is 3.98. The third-order valence-electron chi connectivity index (χ3n) is 2.75. The number of nitrogens with one attached hydrogen (secondary N) is 1. The number of pyridine rings is 1. The van der Waals surface area contributed by atoms with Crippen LogP contribution in [0, 0.1) is 0 Å². The molecule has 2 heterocycles. The molecule has 2 aromatic rings. The van der Waals surface area contributed by atoms with Gasteiger partial charge in [-0.1, -0.05) is 11.6 Å². The van der Waals surface area contributed by atoms with E-state index in [2.05, 4.69) is 36.4 Å². The molecule has 104 valence electrons. The van der Waals surface area contributed by atoms with Crippen molar-refractivity contribution in [3.05, 3.63) is 45.8 Å². The van der Waals surface area contributed by atoms with Gasteiger partial charge in [-0.15, -0.1) is 5.10 Å². The Balaban J connectivity index is 1.94. The predicted octanol–water partition coefficient (Wildman–Crippen LogP) is 3.07. The van der Waals surface area contributed by atoms with E-state index in [9.17, 15) is 4.79 Å². The Morgan fingerprint density at radius 1 is 1.35 bits per heavy atom. The summed E-state index contributed by atoms with van der Waals surface area (Å²) in [7, 11) is 0. The zero-order valence-electron chi connectivity index (χ0n) is 10.7. The molecule has 0 saturated carbocycles. The van der Waals surface area contributed by atoms with Crippen molar-refractivity contribution in [3.8, 4) is 0 Å². The van der Waals surface area contributed by atoms with E-state index in [0.29, 0.717) is 16.7 Å². The van der Waals surface area contributed by atoms with Crippen LogP contribution in [0.1, 0.15) is 18.5 Å². The molecule has 5 nitrogen and oxygen atoms in total. The minimum absolute atomic E-state index is 0.00587. The first-order valence-electron chi connectivity index (χ1n) is 5.93. The second-order valence-corrected chi connectivity index (χ2v) is 5.49. The van der Waals surface area contributed by atoms with Crippen LogP contribution < -0.4 is 5.32 Å². The van der Waals surface area contributed by atoms with Gasteiger partial charge >= 0.3 is 0 Å². The Hall–Kier alpha value is -1.53. The van der Waals surface area contributed by atoms with Crippen LogP contribution in [0.2, 0.25) is 5.15 Å². The first-order chi connectivity index (χ1) is 9.56. The fourth-order valence-corrected chi connectivity index (χ4v) is 1.87. The van der Waals surface area contributed by atoms with Gasteiger partial charge in [0.25, 0.3) is 0 Å². The van der Waals surface area contributed by atoms with E-state index in [1.165, 1.54) is 0 Å². The summed E-state index contributed by atoms with van der Waals surface area (Å²) in [5.41, 5.74) is 0.602. The number of ketones is 1. The second-order valence-electron chi connectivity index (χ2n) is 4.18. The molecule has 0 aliphatic rings. The Bertz CT molecular complexity index is 588. The van der Waals surface area contributed by atoms with Crippen molar-refractivity contribution in [2.45, 2.75) is 12.8 Å². The van der Waals surface area contributed by atoms with Crippen LogP contribution >= 0.6 is 27.5 Å². The summed E-state index contributed by atoms with van der Waals surface area (Å²) in [5, 5.41) is 10.9. The lowest BCUT2D eigenvalue weighted by atomic mass is 10.0. The van der Waals surface area contributed by atoms with E-state index >= 15 is 0 Å². The van der Waals surface area contributed by atoms with Gasteiger partial charge in [0.2, 0.25) is 0 Å². The quantitative estimate of drug-likeness (QED) is 0.892. The molecule has 0 amide bonds. The summed E-state index contributed by atoms with van der Waals surface area (Å²) in [4.78, 5) is 16.2. The molecular formula is C13H12BrClN4O. The lowest BCUT2D eigenvalue weighted by Gasteiger charge is -2.10. The van der Waals surface area contributed by atoms with Crippen LogP contribution in [0.5, 0.6) is 0 Å². The summed E-state index contributed by atoms with van der Waals surface area (Å²) in [6.45, 7) is 1.97. The van der Waals surface area contributed by atoms with E-state index in [1.807, 2.05) is 6.07 Å². The number of carbonyl (C=O) groups excluding carboxylic acids is 1. The van der Waals surface area contributed by atoms with Gasteiger partial charge < -0.3 is 5.32 Å². The molecule has 0 fully saturated rings. The number of Topliss-reactive ketones (excluding diaryl/α,β-unsaturated/α-hetero) is 1. The summed E-state index contributed by atoms with van der Waals surface area (Å²) in [6, 6.07) is 6.98. The molecule has 7 heteroatoms. The van der Waals surface area contributed by atoms with E-state index in [0.717, 1.165) is 4.47 Å². The highest BCUT2D eigenvalue weighted by Gasteiger charge is 2.16. The van der Waals surface area contributed by atoms with Crippen molar-refractivity contribution >= 4 is 39.1 Å². The molecule has 2 aromatic heterocycles. The largest absolute Gasteiger partial charge is 0.363 e. The first kappa shape index (κ1) is 14.9. The number of hydrogen-bond donors (Lipinski definition) is 1. The van der Waals surface area contributed by atoms with Crippen molar-refractivity contribution in [1.29, 1.82) is 0 Å². The molecule has 0 bridgehead atoms. The maximum absolute atomic E-state index is 12.1. The maximum Gasteiger partial charge on any atom is 0.160 e. The number of hydrogen-bond acceptors (Lipinski definition) is 5. The average Bonchev–Trinajstić information content (AvgIpc) is 2.46. The van der Waals surface area contributed by atoms with Gasteiger partial charge in [0.05, 0.1) is 18.2 Å². The van der Waals surface area contributed by atoms with E-state index in [-0.39, 0.29) is 18.2 Å². The molecule has 1 N–H and O–H groups in total. The van der Waals surface area contributed by atoms with Gasteiger partial charge in [-0.3, -0.25) is 4.79 Å². The SMILES string of the molecule is CC(C(=O)CNc1ccc(Br)cn1)c1ccc(Cl)nn1. The van der Waals surface area contributed by atoms with Crippen LogP contribution in [0.3, 0.4) is 0 Å². The van der Waals surface area contributed by atoms with Crippen LogP contribution in [-0.2, 0) is 4.79 Å². The number of anilines is 1. The molecule has 0 aliphatic heterocycles. The normalized spacial score (nSPS) is 11.9. The van der Waals surface area contributed by atoms with E-state index < -0.39 is 0 Å². The highest BCUT2D eigenvalue weighted by atomic mass is 79.9. The topological polar surface area (TPSA) is 67.8 Å². The monoisotopic (exact) mass is 354 g/mol. The van der Waals surface area contributed by atoms with Crippen LogP contribution in [0.4, 0.5) is 5.82 Å². The molecular weight excluding hydrogens is 344 g/mol. The van der Waals surface area contributed by atoms with Crippen molar-refractivity contribution in [3.63, 3.8) is 0 Å². The molecule has 0 aliphatic carbocycles. The molecule has 1 unspecified atom stereocenters. The zero-order chi connectivity index (χ0) is 14.5. The summed E-state index contributed by atoms with van der Waals surface area (Å²) >= 11 is 8.97. The van der Waals surface area contributed by atoms with Crippen LogP contribution in [-0.4, -0.2) is 27.5 Å². The number of nitrogens with zero attached hydrogens (tertiary/aromatic N) is 3. The Morgan fingerprint density at radius 2 is 2.15 bits per heavy atom. The number of rotatable bonds is 5. The van der Waals surface area contributed by atoms with Crippen molar-refractivity contribution < 1.29 is 4.79 Å². The van der Waals surface area contributed by atoms with Gasteiger partial charge in [-0.05, 0) is 47.1 Å². The molecule has 0 aromatic carbocycles. The minimum atomic E-state index is -0.345. The van der Waals surface area contributed by atoms with Gasteiger partial charge in [0, 0.05) is 10.7 Å².